The van der Waals surface area contributed by atoms with Gasteiger partial charge in [0.1, 0.15) is 5.41 Å². The van der Waals surface area contributed by atoms with Crippen LogP contribution in [0.5, 0.6) is 0 Å². The van der Waals surface area contributed by atoms with Crippen LogP contribution in [0.15, 0.2) is 164 Å². The molecule has 0 nitrogen and oxygen atoms in total. The normalized spacial score (nSPS) is 12.6. The minimum absolute atomic E-state index is 0.229. The largest absolute Gasteiger partial charge is 0.402 e. The molecule has 0 N–H and O–H groups in total. The van der Waals surface area contributed by atoms with E-state index in [9.17, 15) is 0 Å². The molecule has 0 spiro atoms. The highest BCUT2D eigenvalue weighted by Crippen LogP contribution is 2.50. The lowest BCUT2D eigenvalue weighted by molar-refractivity contribution is -0.173. The Morgan fingerprint density at radius 1 is 0.327 bits per heavy atom. The van der Waals surface area contributed by atoms with Crippen LogP contribution in [0.3, 0.4) is 0 Å². The molecule has 0 bridgehead atoms. The zero-order chi connectivity index (χ0) is 38.9. The zero-order valence-corrected chi connectivity index (χ0v) is 32.2. The molecule has 55 heavy (non-hydrogen) atoms. The molecular weight excluding hydrogens is 682 g/mol. The van der Waals surface area contributed by atoms with E-state index in [1.54, 1.807) is 24.3 Å². The van der Waals surface area contributed by atoms with Gasteiger partial charge in [-0.1, -0.05) is 152 Å². The third-order valence-corrected chi connectivity index (χ3v) is 11.5. The van der Waals surface area contributed by atoms with Gasteiger partial charge in [-0.25, -0.2) is 0 Å². The number of benzene rings is 8. The molecule has 0 aliphatic rings. The number of fused-ring (bicyclic) bond motifs is 2. The first-order valence-corrected chi connectivity index (χ1v) is 18.8. The topological polar surface area (TPSA) is 0 Å². The molecule has 0 aliphatic carbocycles. The Balaban J connectivity index is 0.000000708. The highest BCUT2D eigenvalue weighted by Gasteiger charge is 2.53. The maximum absolute atomic E-state index is 15.6. The van der Waals surface area contributed by atoms with E-state index in [-0.39, 0.29) is 11.1 Å². The second kappa shape index (κ2) is 15.1. The predicted molar refractivity (Wildman–Crippen MR) is 227 cm³/mol. The number of alkyl halides is 3. The Morgan fingerprint density at radius 2 is 0.636 bits per heavy atom. The Labute approximate surface area is 323 Å². The fourth-order valence-corrected chi connectivity index (χ4v) is 8.28. The van der Waals surface area contributed by atoms with Gasteiger partial charge in [-0.05, 0) is 148 Å². The van der Waals surface area contributed by atoms with Gasteiger partial charge in [-0.3, -0.25) is 0 Å². The number of hydrogen-bond acceptors (Lipinski definition) is 0. The molecule has 0 saturated heterocycles. The van der Waals surface area contributed by atoms with Gasteiger partial charge in [-0.2, -0.15) is 13.2 Å². The highest BCUT2D eigenvalue weighted by atomic mass is 19.4. The molecule has 8 rings (SSSR count). The second-order valence-corrected chi connectivity index (χ2v) is 14.6. The van der Waals surface area contributed by atoms with Crippen molar-refractivity contribution >= 4 is 21.5 Å². The van der Waals surface area contributed by atoms with E-state index >= 15 is 13.2 Å². The number of rotatable bonds is 5. The van der Waals surface area contributed by atoms with E-state index in [0.717, 1.165) is 82.7 Å². The van der Waals surface area contributed by atoms with E-state index in [0.29, 0.717) is 0 Å². The van der Waals surface area contributed by atoms with Crippen LogP contribution in [0, 0.1) is 34.6 Å². The molecule has 3 heteroatoms. The van der Waals surface area contributed by atoms with Gasteiger partial charge in [0, 0.05) is 0 Å². The van der Waals surface area contributed by atoms with Crippen LogP contribution in [0.2, 0.25) is 0 Å². The summed E-state index contributed by atoms with van der Waals surface area (Å²) in [7, 11) is 0. The second-order valence-electron chi connectivity index (χ2n) is 14.6. The Kier molecular flexibility index (Phi) is 10.2. The first-order chi connectivity index (χ1) is 26.4. The summed E-state index contributed by atoms with van der Waals surface area (Å²) in [6.45, 7) is 11.6. The maximum Gasteiger partial charge on any atom is 0.402 e. The third kappa shape index (κ3) is 6.74. The van der Waals surface area contributed by atoms with Crippen LogP contribution < -0.4 is 0 Å². The monoisotopic (exact) mass is 726 g/mol. The van der Waals surface area contributed by atoms with Gasteiger partial charge in [0.05, 0.1) is 0 Å². The highest BCUT2D eigenvalue weighted by molar-refractivity contribution is 6.03. The summed E-state index contributed by atoms with van der Waals surface area (Å²) in [4.78, 5) is 0. The van der Waals surface area contributed by atoms with Gasteiger partial charge >= 0.3 is 6.18 Å². The van der Waals surface area contributed by atoms with Crippen LogP contribution in [0.25, 0.3) is 54.9 Å². The fourth-order valence-electron chi connectivity index (χ4n) is 8.28. The molecule has 0 heterocycles. The molecule has 0 radical (unpaired) electrons. The third-order valence-electron chi connectivity index (χ3n) is 11.5. The van der Waals surface area contributed by atoms with Gasteiger partial charge in [0.25, 0.3) is 0 Å². The van der Waals surface area contributed by atoms with Gasteiger partial charge in [0.15, 0.2) is 0 Å². The van der Waals surface area contributed by atoms with Crippen molar-refractivity contribution in [2.24, 2.45) is 0 Å². The Bertz CT molecular complexity index is 2580. The van der Waals surface area contributed by atoms with E-state index in [1.807, 2.05) is 117 Å². The minimum Gasteiger partial charge on any atom is -0.170 e. The van der Waals surface area contributed by atoms with E-state index < -0.39 is 11.6 Å². The number of halogens is 3. The number of hydrogen-bond donors (Lipinski definition) is 0. The lowest BCUT2D eigenvalue weighted by atomic mass is 9.73. The SMILES string of the molecule is Cc1c(-c2ccccc2)c(C)c2ccc(C(C)(c3ccc4c(C)c(-c5ccccc5)c(-c5ccccc5)c(C)c4c3)C(F)(F)F)cc2c1C.c1ccccc1. The Hall–Kier alpha value is -5.93. The van der Waals surface area contributed by atoms with E-state index in [4.69, 9.17) is 0 Å². The molecule has 1 atom stereocenters. The number of aryl methyl sites for hydroxylation is 4. The first kappa shape index (κ1) is 37.4. The van der Waals surface area contributed by atoms with Gasteiger partial charge in [0.2, 0.25) is 0 Å². The lowest BCUT2D eigenvalue weighted by Gasteiger charge is -2.34. The van der Waals surface area contributed by atoms with Crippen molar-refractivity contribution in [2.75, 3.05) is 0 Å². The van der Waals surface area contributed by atoms with Crippen LogP contribution in [-0.2, 0) is 5.41 Å². The molecule has 8 aromatic rings. The van der Waals surface area contributed by atoms with Crippen molar-refractivity contribution in [1.29, 1.82) is 0 Å². The van der Waals surface area contributed by atoms with Crippen molar-refractivity contribution in [3.8, 4) is 33.4 Å². The minimum atomic E-state index is -4.55. The summed E-state index contributed by atoms with van der Waals surface area (Å²) in [5.41, 5.74) is 9.91. The summed E-state index contributed by atoms with van der Waals surface area (Å²) in [5, 5.41) is 3.62. The molecule has 0 aliphatic heterocycles. The van der Waals surface area contributed by atoms with E-state index in [2.05, 4.69) is 57.2 Å². The van der Waals surface area contributed by atoms with Crippen molar-refractivity contribution in [2.45, 2.75) is 53.1 Å². The van der Waals surface area contributed by atoms with Crippen molar-refractivity contribution in [3.05, 3.63) is 203 Å². The molecule has 0 saturated carbocycles. The summed E-state index contributed by atoms with van der Waals surface area (Å²) < 4.78 is 46.9. The fraction of sp³-hybridized carbons (Fsp3) is 0.154. The van der Waals surface area contributed by atoms with Crippen LogP contribution in [0.1, 0.15) is 45.9 Å². The molecule has 1 unspecified atom stereocenters. The average molecular weight is 727 g/mol. The van der Waals surface area contributed by atoms with Gasteiger partial charge in [-0.15, -0.1) is 0 Å². The van der Waals surface area contributed by atoms with E-state index in [1.165, 1.54) is 6.92 Å². The van der Waals surface area contributed by atoms with Crippen LogP contribution in [0.4, 0.5) is 13.2 Å². The lowest BCUT2D eigenvalue weighted by Crippen LogP contribution is -2.40. The first-order valence-electron chi connectivity index (χ1n) is 18.8. The summed E-state index contributed by atoms with van der Waals surface area (Å²) in [6.07, 6.45) is -4.55. The predicted octanol–water partition coefficient (Wildman–Crippen LogP) is 15.1. The standard InChI is InChI=1S/C46H39F3.C6H6/c1-28-29(2)42(33-16-10-7-11-17-33)30(3)38-24-22-36(26-40(28)38)45(6,46(47,48)49)37-23-25-39-31(4)43(34-18-12-8-13-19-34)44(32(5)41(39)27-37)35-20-14-9-15-21-35;1-2-4-6-5-3-1/h7-27H,1-6H3;1-6H. The molecular formula is C52H45F3. The van der Waals surface area contributed by atoms with Crippen molar-refractivity contribution in [3.63, 3.8) is 0 Å². The van der Waals surface area contributed by atoms with Crippen LogP contribution >= 0.6 is 0 Å². The maximum atomic E-state index is 15.6. The van der Waals surface area contributed by atoms with Crippen molar-refractivity contribution in [1.82, 2.24) is 0 Å². The quantitative estimate of drug-likeness (QED) is 0.166. The summed E-state index contributed by atoms with van der Waals surface area (Å²) in [6, 6.07) is 53.3. The van der Waals surface area contributed by atoms with Gasteiger partial charge < -0.3 is 0 Å². The summed E-state index contributed by atoms with van der Waals surface area (Å²) >= 11 is 0. The average Bonchev–Trinajstić information content (AvgIpc) is 3.22. The van der Waals surface area contributed by atoms with Crippen molar-refractivity contribution < 1.29 is 13.2 Å². The molecule has 8 aromatic carbocycles. The molecule has 0 fully saturated rings. The zero-order valence-electron chi connectivity index (χ0n) is 32.2. The van der Waals surface area contributed by atoms with Crippen LogP contribution in [-0.4, -0.2) is 6.18 Å². The molecule has 0 aromatic heterocycles. The summed E-state index contributed by atoms with van der Waals surface area (Å²) in [5.74, 6) is 0. The smallest absolute Gasteiger partial charge is 0.170 e. The Morgan fingerprint density at radius 3 is 1.02 bits per heavy atom. The molecule has 274 valence electrons. The molecule has 0 amide bonds.